The number of piperidine rings is 1. The number of likely N-dealkylation sites (tertiary alicyclic amines) is 1. The molecule has 2 saturated heterocycles. The van der Waals surface area contributed by atoms with Crippen LogP contribution in [-0.2, 0) is 6.54 Å². The van der Waals surface area contributed by atoms with Crippen LogP contribution >= 0.6 is 0 Å². The fourth-order valence-electron chi connectivity index (χ4n) is 3.98. The van der Waals surface area contributed by atoms with Crippen molar-refractivity contribution in [2.75, 3.05) is 39.4 Å². The Labute approximate surface area is 140 Å². The summed E-state index contributed by atoms with van der Waals surface area (Å²) >= 11 is 0. The van der Waals surface area contributed by atoms with Gasteiger partial charge in [0.15, 0.2) is 11.5 Å². The van der Waals surface area contributed by atoms with Gasteiger partial charge in [-0.3, -0.25) is 4.90 Å². The summed E-state index contributed by atoms with van der Waals surface area (Å²) in [5, 5.41) is 3.49. The Morgan fingerprint density at radius 2 is 1.78 bits per heavy atom. The van der Waals surface area contributed by atoms with Crippen molar-refractivity contribution in [2.45, 2.75) is 39.7 Å². The van der Waals surface area contributed by atoms with Gasteiger partial charge in [0.1, 0.15) is 0 Å². The molecule has 2 fully saturated rings. The van der Waals surface area contributed by atoms with Crippen LogP contribution in [0.4, 0.5) is 0 Å². The zero-order valence-electron chi connectivity index (χ0n) is 14.6. The summed E-state index contributed by atoms with van der Waals surface area (Å²) in [4.78, 5) is 2.61. The van der Waals surface area contributed by atoms with Gasteiger partial charge in [-0.1, -0.05) is 6.07 Å². The van der Waals surface area contributed by atoms with Crippen molar-refractivity contribution in [3.63, 3.8) is 0 Å². The quantitative estimate of drug-likeness (QED) is 0.874. The molecule has 2 heterocycles. The number of benzene rings is 1. The minimum absolute atomic E-state index is 0.569. The second kappa shape index (κ2) is 7.54. The highest BCUT2D eigenvalue weighted by Gasteiger charge is 2.38. The van der Waals surface area contributed by atoms with Crippen molar-refractivity contribution < 1.29 is 9.47 Å². The molecule has 0 aromatic heterocycles. The molecule has 128 valence electrons. The van der Waals surface area contributed by atoms with Gasteiger partial charge in [-0.2, -0.15) is 0 Å². The first-order valence-corrected chi connectivity index (χ1v) is 9.06. The monoisotopic (exact) mass is 318 g/mol. The molecule has 0 atom stereocenters. The Balaban J connectivity index is 1.64. The summed E-state index contributed by atoms with van der Waals surface area (Å²) in [5.74, 6) is 1.73. The summed E-state index contributed by atoms with van der Waals surface area (Å²) in [6, 6.07) is 6.39. The lowest BCUT2D eigenvalue weighted by molar-refractivity contribution is 0.194. The topological polar surface area (TPSA) is 33.7 Å². The van der Waals surface area contributed by atoms with E-state index < -0.39 is 0 Å². The third kappa shape index (κ3) is 3.99. The molecule has 1 N–H and O–H groups in total. The van der Waals surface area contributed by atoms with E-state index in [1.54, 1.807) is 0 Å². The minimum Gasteiger partial charge on any atom is -0.490 e. The van der Waals surface area contributed by atoms with Crippen LogP contribution in [-0.4, -0.2) is 44.3 Å². The lowest BCUT2D eigenvalue weighted by Gasteiger charge is -2.34. The van der Waals surface area contributed by atoms with Crippen molar-refractivity contribution in [3.05, 3.63) is 23.8 Å². The molecule has 2 aliphatic rings. The Morgan fingerprint density at radius 3 is 2.52 bits per heavy atom. The van der Waals surface area contributed by atoms with Crippen LogP contribution < -0.4 is 14.8 Å². The maximum Gasteiger partial charge on any atom is 0.161 e. The molecule has 0 amide bonds. The SMILES string of the molecule is CCOc1ccc(CN2CCC3(CCNCC3)C2)cc1OCC. The van der Waals surface area contributed by atoms with Crippen molar-refractivity contribution >= 4 is 0 Å². The zero-order chi connectivity index (χ0) is 16.1. The highest BCUT2D eigenvalue weighted by Crippen LogP contribution is 2.39. The maximum atomic E-state index is 5.75. The van der Waals surface area contributed by atoms with Crippen LogP contribution in [0.5, 0.6) is 11.5 Å². The number of nitrogens with one attached hydrogen (secondary N) is 1. The molecule has 1 aromatic rings. The van der Waals surface area contributed by atoms with E-state index in [4.69, 9.17) is 9.47 Å². The first kappa shape index (κ1) is 16.6. The van der Waals surface area contributed by atoms with E-state index in [9.17, 15) is 0 Å². The second-order valence-electron chi connectivity index (χ2n) is 6.86. The number of rotatable bonds is 6. The van der Waals surface area contributed by atoms with Gasteiger partial charge in [0, 0.05) is 13.1 Å². The molecular weight excluding hydrogens is 288 g/mol. The highest BCUT2D eigenvalue weighted by molar-refractivity contribution is 5.43. The van der Waals surface area contributed by atoms with Crippen molar-refractivity contribution in [3.8, 4) is 11.5 Å². The molecule has 0 unspecified atom stereocenters. The van der Waals surface area contributed by atoms with E-state index >= 15 is 0 Å². The van der Waals surface area contributed by atoms with Crippen LogP contribution in [0, 0.1) is 5.41 Å². The van der Waals surface area contributed by atoms with Crippen molar-refractivity contribution in [1.82, 2.24) is 10.2 Å². The summed E-state index contributed by atoms with van der Waals surface area (Å²) in [6.45, 7) is 11.2. The standard InChI is InChI=1S/C19H30N2O2/c1-3-22-17-6-5-16(13-18(17)23-4-2)14-21-12-9-19(15-21)7-10-20-11-8-19/h5-6,13,20H,3-4,7-12,14-15H2,1-2H3. The molecule has 0 saturated carbocycles. The van der Waals surface area contributed by atoms with Gasteiger partial charge in [-0.15, -0.1) is 0 Å². The van der Waals surface area contributed by atoms with Crippen molar-refractivity contribution in [2.24, 2.45) is 5.41 Å². The molecule has 0 aliphatic carbocycles. The predicted molar refractivity (Wildman–Crippen MR) is 93.2 cm³/mol. The number of hydrogen-bond acceptors (Lipinski definition) is 4. The molecule has 1 aromatic carbocycles. The molecule has 23 heavy (non-hydrogen) atoms. The average molecular weight is 318 g/mol. The lowest BCUT2D eigenvalue weighted by Crippen LogP contribution is -2.38. The van der Waals surface area contributed by atoms with E-state index in [0.29, 0.717) is 18.6 Å². The van der Waals surface area contributed by atoms with Crippen LogP contribution in [0.15, 0.2) is 18.2 Å². The van der Waals surface area contributed by atoms with Gasteiger partial charge < -0.3 is 14.8 Å². The molecule has 1 spiro atoms. The fourth-order valence-corrected chi connectivity index (χ4v) is 3.98. The Hall–Kier alpha value is -1.26. The Kier molecular flexibility index (Phi) is 5.44. The summed E-state index contributed by atoms with van der Waals surface area (Å²) < 4.78 is 11.4. The molecule has 0 bridgehead atoms. The maximum absolute atomic E-state index is 5.75. The van der Waals surface area contributed by atoms with Gasteiger partial charge in [0.25, 0.3) is 0 Å². The highest BCUT2D eigenvalue weighted by atomic mass is 16.5. The third-order valence-electron chi connectivity index (χ3n) is 5.20. The summed E-state index contributed by atoms with van der Waals surface area (Å²) in [6.07, 6.45) is 4.01. The predicted octanol–water partition coefficient (Wildman–Crippen LogP) is 3.06. The molecule has 4 nitrogen and oxygen atoms in total. The van der Waals surface area contributed by atoms with Gasteiger partial charge >= 0.3 is 0 Å². The second-order valence-corrected chi connectivity index (χ2v) is 6.86. The Morgan fingerprint density at radius 1 is 1.04 bits per heavy atom. The molecule has 2 aliphatic heterocycles. The van der Waals surface area contributed by atoms with E-state index in [1.165, 1.54) is 51.0 Å². The number of hydrogen-bond donors (Lipinski definition) is 1. The first-order chi connectivity index (χ1) is 11.2. The van der Waals surface area contributed by atoms with E-state index in [0.717, 1.165) is 18.0 Å². The summed E-state index contributed by atoms with van der Waals surface area (Å²) in [5.41, 5.74) is 1.89. The normalized spacial score (nSPS) is 20.8. The van der Waals surface area contributed by atoms with E-state index in [-0.39, 0.29) is 0 Å². The molecule has 4 heteroatoms. The summed E-state index contributed by atoms with van der Waals surface area (Å²) in [7, 11) is 0. The van der Waals surface area contributed by atoms with Gasteiger partial charge in [0.2, 0.25) is 0 Å². The lowest BCUT2D eigenvalue weighted by atomic mass is 9.78. The fraction of sp³-hybridized carbons (Fsp3) is 0.684. The first-order valence-electron chi connectivity index (χ1n) is 9.06. The smallest absolute Gasteiger partial charge is 0.161 e. The van der Waals surface area contributed by atoms with Crippen LogP contribution in [0.1, 0.15) is 38.7 Å². The van der Waals surface area contributed by atoms with Crippen LogP contribution in [0.25, 0.3) is 0 Å². The largest absolute Gasteiger partial charge is 0.490 e. The third-order valence-corrected chi connectivity index (χ3v) is 5.20. The molecular formula is C19H30N2O2. The molecule has 0 radical (unpaired) electrons. The van der Waals surface area contributed by atoms with E-state index in [2.05, 4.69) is 28.4 Å². The van der Waals surface area contributed by atoms with Crippen LogP contribution in [0.3, 0.4) is 0 Å². The zero-order valence-corrected chi connectivity index (χ0v) is 14.6. The van der Waals surface area contributed by atoms with Gasteiger partial charge in [-0.05, 0) is 75.9 Å². The van der Waals surface area contributed by atoms with Crippen LogP contribution in [0.2, 0.25) is 0 Å². The van der Waals surface area contributed by atoms with Gasteiger partial charge in [0.05, 0.1) is 13.2 Å². The Bertz CT molecular complexity index is 512. The van der Waals surface area contributed by atoms with E-state index in [1.807, 2.05) is 13.8 Å². The average Bonchev–Trinajstić information content (AvgIpc) is 2.93. The molecule has 3 rings (SSSR count). The van der Waals surface area contributed by atoms with Gasteiger partial charge in [-0.25, -0.2) is 0 Å². The number of ether oxygens (including phenoxy) is 2. The van der Waals surface area contributed by atoms with Crippen molar-refractivity contribution in [1.29, 1.82) is 0 Å². The number of nitrogens with zero attached hydrogens (tertiary/aromatic N) is 1. The minimum atomic E-state index is 0.569.